The van der Waals surface area contributed by atoms with Crippen LogP contribution in [0.3, 0.4) is 0 Å². The molecule has 0 aliphatic heterocycles. The van der Waals surface area contributed by atoms with Gasteiger partial charge in [-0.2, -0.15) is 15.5 Å². The van der Waals surface area contributed by atoms with Gasteiger partial charge in [-0.15, -0.1) is 0 Å². The van der Waals surface area contributed by atoms with Crippen LogP contribution in [-0.2, 0) is 19.4 Å². The molecule has 0 spiro atoms. The maximum Gasteiger partial charge on any atom is 0.296 e. The third-order valence-electron chi connectivity index (χ3n) is 4.44. The van der Waals surface area contributed by atoms with E-state index in [0.29, 0.717) is 35.0 Å². The Morgan fingerprint density at radius 2 is 1.97 bits per heavy atom. The first kappa shape index (κ1) is 20.5. The molecule has 0 unspecified atom stereocenters. The summed E-state index contributed by atoms with van der Waals surface area (Å²) in [6.07, 6.45) is 2.97. The van der Waals surface area contributed by atoms with Crippen molar-refractivity contribution in [1.29, 1.82) is 5.26 Å². The Morgan fingerprint density at radius 3 is 2.66 bits per heavy atom. The van der Waals surface area contributed by atoms with E-state index in [2.05, 4.69) is 15.2 Å². The molecule has 0 N–H and O–H groups in total. The summed E-state index contributed by atoms with van der Waals surface area (Å²) in [6, 6.07) is 8.58. The van der Waals surface area contributed by atoms with Gasteiger partial charge in [-0.3, -0.25) is 9.36 Å². The highest BCUT2D eigenvalue weighted by molar-refractivity contribution is 6.30. The zero-order chi connectivity index (χ0) is 21.0. The largest absolute Gasteiger partial charge is 0.450 e. The van der Waals surface area contributed by atoms with E-state index in [1.54, 1.807) is 13.0 Å². The van der Waals surface area contributed by atoms with Crippen molar-refractivity contribution >= 4 is 11.6 Å². The number of aromatic nitrogens is 4. The molecule has 8 heteroatoms. The topological polar surface area (TPSA) is 93.7 Å². The molecule has 0 amide bonds. The molecule has 1 aromatic carbocycles. The third-order valence-corrected chi connectivity index (χ3v) is 4.66. The van der Waals surface area contributed by atoms with E-state index in [0.717, 1.165) is 23.4 Å². The zero-order valence-electron chi connectivity index (χ0n) is 16.4. The first-order valence-electron chi connectivity index (χ1n) is 9.24. The number of rotatable bonds is 6. The van der Waals surface area contributed by atoms with Gasteiger partial charge in [-0.25, -0.2) is 4.98 Å². The highest BCUT2D eigenvalue weighted by Gasteiger charge is 2.14. The fraction of sp³-hybridized carbons (Fsp3) is 0.286. The van der Waals surface area contributed by atoms with Crippen LogP contribution in [-0.4, -0.2) is 19.7 Å². The fourth-order valence-corrected chi connectivity index (χ4v) is 3.10. The number of benzene rings is 1. The van der Waals surface area contributed by atoms with Crippen molar-refractivity contribution in [2.45, 2.75) is 40.2 Å². The summed E-state index contributed by atoms with van der Waals surface area (Å²) >= 11 is 6.03. The Bertz CT molecular complexity index is 1150. The predicted molar refractivity (Wildman–Crippen MR) is 109 cm³/mol. The van der Waals surface area contributed by atoms with Gasteiger partial charge in [0.1, 0.15) is 5.75 Å². The molecule has 0 saturated carbocycles. The zero-order valence-corrected chi connectivity index (χ0v) is 17.2. The number of hydrogen-bond donors (Lipinski definition) is 0. The van der Waals surface area contributed by atoms with Gasteiger partial charge >= 0.3 is 0 Å². The molecular weight excluding hydrogens is 390 g/mol. The molecule has 0 radical (unpaired) electrons. The van der Waals surface area contributed by atoms with Crippen molar-refractivity contribution in [2.75, 3.05) is 0 Å². The molecule has 3 rings (SSSR count). The van der Waals surface area contributed by atoms with Crippen LogP contribution in [0, 0.1) is 18.3 Å². The van der Waals surface area contributed by atoms with Crippen molar-refractivity contribution in [3.05, 3.63) is 74.2 Å². The lowest BCUT2D eigenvalue weighted by Crippen LogP contribution is -2.24. The molecule has 2 aromatic heterocycles. The third kappa shape index (κ3) is 4.61. The summed E-state index contributed by atoms with van der Waals surface area (Å²) in [4.78, 5) is 17.4. The van der Waals surface area contributed by atoms with Gasteiger partial charge in [0.05, 0.1) is 41.6 Å². The molecule has 0 fully saturated rings. The quantitative estimate of drug-likeness (QED) is 0.614. The van der Waals surface area contributed by atoms with Crippen LogP contribution in [0.4, 0.5) is 0 Å². The van der Waals surface area contributed by atoms with Crippen LogP contribution in [0.2, 0.25) is 5.02 Å². The summed E-state index contributed by atoms with van der Waals surface area (Å²) in [7, 11) is 0. The second-order valence-electron chi connectivity index (χ2n) is 6.50. The molecule has 29 heavy (non-hydrogen) atoms. The van der Waals surface area contributed by atoms with Crippen LogP contribution in [0.5, 0.6) is 11.5 Å². The first-order chi connectivity index (χ1) is 13.9. The first-order valence-corrected chi connectivity index (χ1v) is 9.61. The monoisotopic (exact) mass is 409 g/mol. The SMILES string of the molecule is CCc1cc(Cn2cnc(C)c(Oc3cc(Cl)cc(C#N)c3)c2=O)c(CC)nn1. The molecule has 7 nitrogen and oxygen atoms in total. The Hall–Kier alpha value is -3.24. The standard InChI is InChI=1S/C21H20ClN5O2/c1-4-17-8-15(19(5-2)26-25-17)11-27-12-24-13(3)20(21(27)28)29-18-7-14(10-23)6-16(22)9-18/h6-9,12H,4-5,11H2,1-3H3. The number of hydrogen-bond acceptors (Lipinski definition) is 6. The van der Waals surface area contributed by atoms with E-state index in [-0.39, 0.29) is 11.3 Å². The minimum Gasteiger partial charge on any atom is -0.450 e. The van der Waals surface area contributed by atoms with Gasteiger partial charge in [0.25, 0.3) is 5.56 Å². The van der Waals surface area contributed by atoms with E-state index in [4.69, 9.17) is 21.6 Å². The summed E-state index contributed by atoms with van der Waals surface area (Å²) < 4.78 is 7.26. The highest BCUT2D eigenvalue weighted by Crippen LogP contribution is 2.25. The van der Waals surface area contributed by atoms with Crippen LogP contribution >= 0.6 is 11.6 Å². The predicted octanol–water partition coefficient (Wildman–Crippen LogP) is 3.83. The Balaban J connectivity index is 1.99. The van der Waals surface area contributed by atoms with Crippen molar-refractivity contribution in [3.8, 4) is 17.6 Å². The van der Waals surface area contributed by atoms with E-state index in [9.17, 15) is 4.79 Å². The van der Waals surface area contributed by atoms with Gasteiger partial charge in [0.15, 0.2) is 0 Å². The smallest absolute Gasteiger partial charge is 0.296 e. The maximum atomic E-state index is 13.1. The van der Waals surface area contributed by atoms with E-state index < -0.39 is 0 Å². The Morgan fingerprint density at radius 1 is 1.17 bits per heavy atom. The van der Waals surface area contributed by atoms with E-state index >= 15 is 0 Å². The maximum absolute atomic E-state index is 13.1. The molecule has 2 heterocycles. The normalized spacial score (nSPS) is 10.6. The lowest BCUT2D eigenvalue weighted by atomic mass is 10.1. The Labute approximate surface area is 173 Å². The Kier molecular flexibility index (Phi) is 6.25. The van der Waals surface area contributed by atoms with Gasteiger partial charge in [0, 0.05) is 5.02 Å². The lowest BCUT2D eigenvalue weighted by molar-refractivity contribution is 0.458. The average molecular weight is 410 g/mol. The average Bonchev–Trinajstić information content (AvgIpc) is 2.72. The van der Waals surface area contributed by atoms with Crippen LogP contribution in [0.15, 0.2) is 35.4 Å². The number of nitrogens with zero attached hydrogens (tertiary/aromatic N) is 5. The summed E-state index contributed by atoms with van der Waals surface area (Å²) in [5.74, 6) is 0.399. The van der Waals surface area contributed by atoms with Crippen LogP contribution in [0.1, 0.15) is 42.1 Å². The number of halogens is 1. The molecule has 148 valence electrons. The molecule has 0 atom stereocenters. The van der Waals surface area contributed by atoms with Gasteiger partial charge in [-0.1, -0.05) is 25.4 Å². The number of nitriles is 1. The van der Waals surface area contributed by atoms with Gasteiger partial charge < -0.3 is 4.74 Å². The second-order valence-corrected chi connectivity index (χ2v) is 6.93. The minimum absolute atomic E-state index is 0.0921. The molecular formula is C21H20ClN5O2. The van der Waals surface area contributed by atoms with Crippen molar-refractivity contribution < 1.29 is 4.74 Å². The van der Waals surface area contributed by atoms with Crippen molar-refractivity contribution in [3.63, 3.8) is 0 Å². The lowest BCUT2D eigenvalue weighted by Gasteiger charge is -2.13. The van der Waals surface area contributed by atoms with E-state index in [1.165, 1.54) is 23.0 Å². The summed E-state index contributed by atoms with van der Waals surface area (Å²) in [5.41, 5.74) is 3.09. The number of aryl methyl sites for hydroxylation is 3. The second kappa shape index (κ2) is 8.84. The molecule has 0 bridgehead atoms. The molecule has 0 saturated heterocycles. The van der Waals surface area contributed by atoms with Crippen LogP contribution < -0.4 is 10.3 Å². The molecule has 0 aliphatic carbocycles. The fourth-order valence-electron chi connectivity index (χ4n) is 2.88. The highest BCUT2D eigenvalue weighted by atomic mass is 35.5. The minimum atomic E-state index is -0.326. The summed E-state index contributed by atoms with van der Waals surface area (Å²) in [5, 5.41) is 17.9. The molecule has 3 aromatic rings. The van der Waals surface area contributed by atoms with Gasteiger partial charge in [-0.05, 0) is 49.6 Å². The van der Waals surface area contributed by atoms with Gasteiger partial charge in [0.2, 0.25) is 5.75 Å². The number of ether oxygens (including phenoxy) is 1. The molecule has 0 aliphatic rings. The van der Waals surface area contributed by atoms with Crippen LogP contribution in [0.25, 0.3) is 0 Å². The van der Waals surface area contributed by atoms with Crippen molar-refractivity contribution in [2.24, 2.45) is 0 Å². The van der Waals surface area contributed by atoms with E-state index in [1.807, 2.05) is 26.0 Å². The van der Waals surface area contributed by atoms with Crippen molar-refractivity contribution in [1.82, 2.24) is 19.7 Å². The summed E-state index contributed by atoms with van der Waals surface area (Å²) in [6.45, 7) is 6.01.